The molecule has 0 radical (unpaired) electrons. The summed E-state index contributed by atoms with van der Waals surface area (Å²) in [4.78, 5) is 28.9. The van der Waals surface area contributed by atoms with Crippen LogP contribution in [0.5, 0.6) is 0 Å². The second-order valence-corrected chi connectivity index (χ2v) is 3.57. The molecule has 0 aliphatic rings. The summed E-state index contributed by atoms with van der Waals surface area (Å²) in [5.41, 5.74) is 0.266. The summed E-state index contributed by atoms with van der Waals surface area (Å²) in [6, 6.07) is 0.977. The molecule has 1 aromatic rings. The van der Waals surface area contributed by atoms with Gasteiger partial charge in [0.15, 0.2) is 0 Å². The van der Waals surface area contributed by atoms with Crippen LogP contribution in [-0.4, -0.2) is 36.1 Å². The maximum absolute atomic E-state index is 11.4. The number of hydrogen-bond donors (Lipinski definition) is 4. The van der Waals surface area contributed by atoms with Crippen LogP contribution in [0.1, 0.15) is 12.1 Å². The topological polar surface area (TPSA) is 98.9 Å². The monoisotopic (exact) mass is 239 g/mol. The largest absolute Gasteiger partial charge is 0.338 e. The number of carbonyl (C=O) groups excluding carboxylic acids is 1. The minimum atomic E-state index is -0.380. The summed E-state index contributed by atoms with van der Waals surface area (Å²) in [7, 11) is 1.85. The van der Waals surface area contributed by atoms with Crippen LogP contribution in [-0.2, 0) is 0 Å². The molecule has 17 heavy (non-hydrogen) atoms. The first-order valence-corrected chi connectivity index (χ1v) is 5.39. The van der Waals surface area contributed by atoms with E-state index in [1.54, 1.807) is 6.92 Å². The average molecular weight is 239 g/mol. The highest BCUT2D eigenvalue weighted by molar-refractivity contribution is 5.87. The molecule has 94 valence electrons. The van der Waals surface area contributed by atoms with E-state index in [1.165, 1.54) is 6.07 Å². The number of nitrogens with zero attached hydrogens (tertiary/aromatic N) is 1. The van der Waals surface area contributed by atoms with Gasteiger partial charge in [-0.15, -0.1) is 0 Å². The van der Waals surface area contributed by atoms with E-state index in [0.717, 1.165) is 13.0 Å². The molecule has 0 saturated carbocycles. The van der Waals surface area contributed by atoms with Crippen molar-refractivity contribution in [3.05, 3.63) is 22.1 Å². The Bertz CT molecular complexity index is 429. The van der Waals surface area contributed by atoms with Gasteiger partial charge in [-0.05, 0) is 26.9 Å². The molecule has 1 rings (SSSR count). The standard InChI is InChI=1S/C10H17N5O2/c1-7-6-8(16)14-9(13-7)15-10(17)12-5-3-4-11-2/h6,11H,3-5H2,1-2H3,(H3,12,13,14,15,16,17). The van der Waals surface area contributed by atoms with Crippen LogP contribution in [0.15, 0.2) is 10.9 Å². The number of aryl methyl sites for hydroxylation is 1. The Hall–Kier alpha value is -1.89. The zero-order valence-electron chi connectivity index (χ0n) is 9.96. The number of urea groups is 1. The van der Waals surface area contributed by atoms with Gasteiger partial charge in [0.25, 0.3) is 5.56 Å². The lowest BCUT2D eigenvalue weighted by Gasteiger charge is -2.06. The lowest BCUT2D eigenvalue weighted by Crippen LogP contribution is -2.32. The molecular weight excluding hydrogens is 222 g/mol. The summed E-state index contributed by atoms with van der Waals surface area (Å²) in [6.07, 6.45) is 0.835. The maximum atomic E-state index is 11.4. The predicted molar refractivity (Wildman–Crippen MR) is 65.2 cm³/mol. The van der Waals surface area contributed by atoms with Gasteiger partial charge >= 0.3 is 6.03 Å². The molecular formula is C10H17N5O2. The van der Waals surface area contributed by atoms with Gasteiger partial charge in [0.05, 0.1) is 0 Å². The Morgan fingerprint density at radius 2 is 2.24 bits per heavy atom. The number of amides is 2. The van der Waals surface area contributed by atoms with E-state index in [9.17, 15) is 9.59 Å². The molecule has 7 heteroatoms. The van der Waals surface area contributed by atoms with Crippen molar-refractivity contribution in [1.29, 1.82) is 0 Å². The SMILES string of the molecule is CNCCCNC(=O)Nc1nc(C)cc(=O)[nH]1. The molecule has 0 saturated heterocycles. The second-order valence-electron chi connectivity index (χ2n) is 3.57. The van der Waals surface area contributed by atoms with Crippen LogP contribution in [0.4, 0.5) is 10.7 Å². The minimum Gasteiger partial charge on any atom is -0.338 e. The molecule has 0 bridgehead atoms. The van der Waals surface area contributed by atoms with E-state index >= 15 is 0 Å². The van der Waals surface area contributed by atoms with E-state index < -0.39 is 0 Å². The molecule has 1 heterocycles. The minimum absolute atomic E-state index is 0.154. The van der Waals surface area contributed by atoms with Gasteiger partial charge in [-0.2, -0.15) is 0 Å². The second kappa shape index (κ2) is 6.64. The van der Waals surface area contributed by atoms with E-state index in [4.69, 9.17) is 0 Å². The highest BCUT2D eigenvalue weighted by Gasteiger charge is 2.03. The number of aromatic amines is 1. The average Bonchev–Trinajstić information content (AvgIpc) is 2.23. The van der Waals surface area contributed by atoms with Gasteiger partial charge in [0.1, 0.15) is 0 Å². The zero-order valence-corrected chi connectivity index (χ0v) is 9.96. The van der Waals surface area contributed by atoms with Crippen molar-refractivity contribution in [1.82, 2.24) is 20.6 Å². The Morgan fingerprint density at radius 1 is 1.47 bits per heavy atom. The predicted octanol–water partition coefficient (Wildman–Crippen LogP) is -0.191. The third-order valence-electron chi connectivity index (χ3n) is 1.99. The Morgan fingerprint density at radius 3 is 2.88 bits per heavy atom. The van der Waals surface area contributed by atoms with Gasteiger partial charge in [0.2, 0.25) is 5.95 Å². The van der Waals surface area contributed by atoms with Crippen molar-refractivity contribution in [3.63, 3.8) is 0 Å². The molecule has 7 nitrogen and oxygen atoms in total. The first-order valence-electron chi connectivity index (χ1n) is 5.39. The summed E-state index contributed by atoms with van der Waals surface area (Å²) in [5, 5.41) is 8.09. The third-order valence-corrected chi connectivity index (χ3v) is 1.99. The van der Waals surface area contributed by atoms with Gasteiger partial charge in [-0.25, -0.2) is 9.78 Å². The van der Waals surface area contributed by atoms with Crippen molar-refractivity contribution < 1.29 is 4.79 Å². The van der Waals surface area contributed by atoms with Gasteiger partial charge in [-0.1, -0.05) is 0 Å². The Kier molecular flexibility index (Phi) is 5.15. The van der Waals surface area contributed by atoms with Crippen LogP contribution in [0.2, 0.25) is 0 Å². The fourth-order valence-corrected chi connectivity index (χ4v) is 1.26. The Labute approximate surface area is 99.0 Å². The summed E-state index contributed by atoms with van der Waals surface area (Å²) < 4.78 is 0. The van der Waals surface area contributed by atoms with E-state index in [1.807, 2.05) is 7.05 Å². The molecule has 4 N–H and O–H groups in total. The number of H-pyrrole nitrogens is 1. The van der Waals surface area contributed by atoms with Gasteiger partial charge < -0.3 is 10.6 Å². The van der Waals surface area contributed by atoms with Gasteiger partial charge in [-0.3, -0.25) is 15.1 Å². The molecule has 0 atom stereocenters. The first kappa shape index (κ1) is 13.2. The first-order chi connectivity index (χ1) is 8.11. The number of anilines is 1. The fraction of sp³-hybridized carbons (Fsp3) is 0.500. The highest BCUT2D eigenvalue weighted by Crippen LogP contribution is 1.94. The number of carbonyl (C=O) groups is 1. The smallest absolute Gasteiger partial charge is 0.321 e. The number of hydrogen-bond acceptors (Lipinski definition) is 4. The van der Waals surface area contributed by atoms with E-state index in [-0.39, 0.29) is 17.5 Å². The Balaban J connectivity index is 2.42. The van der Waals surface area contributed by atoms with Crippen molar-refractivity contribution in [2.45, 2.75) is 13.3 Å². The maximum Gasteiger partial charge on any atom is 0.321 e. The third kappa shape index (κ3) is 5.12. The van der Waals surface area contributed by atoms with Crippen LogP contribution >= 0.6 is 0 Å². The van der Waals surface area contributed by atoms with Crippen molar-refractivity contribution in [3.8, 4) is 0 Å². The number of rotatable bonds is 5. The van der Waals surface area contributed by atoms with Crippen LogP contribution < -0.4 is 21.5 Å². The zero-order chi connectivity index (χ0) is 12.7. The number of nitrogens with one attached hydrogen (secondary N) is 4. The van der Waals surface area contributed by atoms with Crippen LogP contribution in [0.25, 0.3) is 0 Å². The molecule has 0 aliphatic heterocycles. The summed E-state index contributed by atoms with van der Waals surface area (Å²) >= 11 is 0. The lowest BCUT2D eigenvalue weighted by molar-refractivity contribution is 0.252. The molecule has 0 aromatic carbocycles. The van der Waals surface area contributed by atoms with Crippen LogP contribution in [0, 0.1) is 6.92 Å². The molecule has 0 unspecified atom stereocenters. The van der Waals surface area contributed by atoms with Crippen molar-refractivity contribution in [2.24, 2.45) is 0 Å². The lowest BCUT2D eigenvalue weighted by atomic mass is 10.4. The molecule has 0 spiro atoms. The molecule has 2 amide bonds. The molecule has 0 aliphatic carbocycles. The quantitative estimate of drug-likeness (QED) is 0.535. The molecule has 0 fully saturated rings. The van der Waals surface area contributed by atoms with Crippen molar-refractivity contribution in [2.75, 3.05) is 25.5 Å². The summed E-state index contributed by atoms with van der Waals surface area (Å²) in [6.45, 7) is 3.08. The molecule has 1 aromatic heterocycles. The fourth-order valence-electron chi connectivity index (χ4n) is 1.26. The number of aromatic nitrogens is 2. The van der Waals surface area contributed by atoms with E-state index in [0.29, 0.717) is 12.2 Å². The van der Waals surface area contributed by atoms with Crippen LogP contribution in [0.3, 0.4) is 0 Å². The summed E-state index contributed by atoms with van der Waals surface area (Å²) in [5.74, 6) is 0.154. The normalized spacial score (nSPS) is 10.0. The van der Waals surface area contributed by atoms with Gasteiger partial charge in [0, 0.05) is 18.3 Å². The van der Waals surface area contributed by atoms with E-state index in [2.05, 4.69) is 25.9 Å². The highest BCUT2D eigenvalue weighted by atomic mass is 16.2. The van der Waals surface area contributed by atoms with Crippen molar-refractivity contribution >= 4 is 12.0 Å².